The lowest BCUT2D eigenvalue weighted by Gasteiger charge is -2.18. The van der Waals surface area contributed by atoms with Crippen LogP contribution in [0.15, 0.2) is 0 Å². The Morgan fingerprint density at radius 2 is 1.10 bits per heavy atom. The molecular weight excluding hydrogens is 158 g/mol. The molecule has 56 valence electrons. The van der Waals surface area contributed by atoms with E-state index in [4.69, 9.17) is 0 Å². The molecule has 0 aromatic rings. The van der Waals surface area contributed by atoms with Crippen molar-refractivity contribution < 1.29 is 0 Å². The average Bonchev–Trinajstić information content (AvgIpc) is 1.56. The normalized spacial score (nSPS) is 20.2. The van der Waals surface area contributed by atoms with Crippen LogP contribution >= 0.6 is 16.4 Å². The largest absolute Gasteiger partial charge is 0.0588 e. The predicted molar refractivity (Wildman–Crippen MR) is 53.5 cm³/mol. The summed E-state index contributed by atoms with van der Waals surface area (Å²) in [6, 6.07) is 0. The fourth-order valence-corrected chi connectivity index (χ4v) is 3.26. The third-order valence-corrected chi connectivity index (χ3v) is 5.67. The molecule has 0 N–H and O–H groups in total. The molecule has 1 heterocycles. The number of rotatable bonds is 2. The highest BCUT2D eigenvalue weighted by atomic mass is 31.1. The Labute approximate surface area is 66.6 Å². The maximum Gasteiger partial charge on any atom is 0.0104 e. The zero-order valence-corrected chi connectivity index (χ0v) is 8.84. The molecule has 0 saturated carbocycles. The van der Waals surface area contributed by atoms with E-state index in [1.807, 2.05) is 0 Å². The molecule has 0 fully saturated rings. The van der Waals surface area contributed by atoms with Crippen molar-refractivity contribution in [3.8, 4) is 0 Å². The van der Waals surface area contributed by atoms with Gasteiger partial charge in [-0.15, -0.1) is 0 Å². The molecule has 1 aliphatic rings. The van der Waals surface area contributed by atoms with Crippen molar-refractivity contribution in [3.05, 3.63) is 0 Å². The summed E-state index contributed by atoms with van der Waals surface area (Å²) in [6.07, 6.45) is 0. The van der Waals surface area contributed by atoms with E-state index in [9.17, 15) is 0 Å². The Morgan fingerprint density at radius 1 is 0.800 bits per heavy atom. The fraction of sp³-hybridized carbons (Fsp3) is 0.750. The van der Waals surface area contributed by atoms with Crippen LogP contribution in [-0.4, -0.2) is 10.1 Å². The van der Waals surface area contributed by atoms with Crippen LogP contribution in [0.1, 0.15) is 27.7 Å². The van der Waals surface area contributed by atoms with Crippen LogP contribution in [0.3, 0.4) is 0 Å². The molecule has 0 unspecified atom stereocenters. The van der Waals surface area contributed by atoms with E-state index in [1.54, 1.807) is 26.5 Å². The summed E-state index contributed by atoms with van der Waals surface area (Å²) in [4.78, 5) is 0. The quantitative estimate of drug-likeness (QED) is 0.559. The van der Waals surface area contributed by atoms with Crippen LogP contribution < -0.4 is 0 Å². The molecule has 10 heavy (non-hydrogen) atoms. The smallest absolute Gasteiger partial charge is 0.0104 e. The van der Waals surface area contributed by atoms with Gasteiger partial charge in [0.15, 0.2) is 0 Å². The standard InChI is InChI=1S/C8H14P2/c1-5(2)7-9-8(10-7)6(3)4/h5-6H,1-4H3. The van der Waals surface area contributed by atoms with Crippen LogP contribution in [0, 0.1) is 11.8 Å². The van der Waals surface area contributed by atoms with E-state index >= 15 is 0 Å². The van der Waals surface area contributed by atoms with Gasteiger partial charge >= 0.3 is 0 Å². The lowest BCUT2D eigenvalue weighted by Crippen LogP contribution is -2.09. The molecule has 0 atom stereocenters. The molecule has 0 radical (unpaired) electrons. The topological polar surface area (TPSA) is 0 Å². The van der Waals surface area contributed by atoms with Gasteiger partial charge in [-0.1, -0.05) is 44.1 Å². The molecule has 0 aromatic carbocycles. The third kappa shape index (κ3) is 1.68. The molecule has 0 bridgehead atoms. The first-order valence-corrected chi connectivity index (χ1v) is 5.57. The van der Waals surface area contributed by atoms with Gasteiger partial charge in [0, 0.05) is 10.1 Å². The average molecular weight is 172 g/mol. The van der Waals surface area contributed by atoms with Crippen LogP contribution in [0.5, 0.6) is 0 Å². The Morgan fingerprint density at radius 3 is 1.30 bits per heavy atom. The summed E-state index contributed by atoms with van der Waals surface area (Å²) in [5.41, 5.74) is 0. The number of hydrogen-bond acceptors (Lipinski definition) is 0. The van der Waals surface area contributed by atoms with Gasteiger partial charge in [0.25, 0.3) is 0 Å². The van der Waals surface area contributed by atoms with E-state index in [-0.39, 0.29) is 0 Å². The predicted octanol–water partition coefficient (Wildman–Crippen LogP) is 3.46. The molecule has 1 aliphatic heterocycles. The molecule has 0 aliphatic carbocycles. The van der Waals surface area contributed by atoms with Gasteiger partial charge in [-0.25, -0.2) is 0 Å². The van der Waals surface area contributed by atoms with Gasteiger partial charge in [0.1, 0.15) is 0 Å². The zero-order valence-electron chi connectivity index (χ0n) is 7.05. The van der Waals surface area contributed by atoms with Gasteiger partial charge in [-0.05, 0) is 11.8 Å². The van der Waals surface area contributed by atoms with E-state index in [2.05, 4.69) is 27.7 Å². The number of hydrogen-bond donors (Lipinski definition) is 0. The Balaban J connectivity index is 2.45. The highest BCUT2D eigenvalue weighted by Crippen LogP contribution is 2.36. The van der Waals surface area contributed by atoms with Gasteiger partial charge in [-0.2, -0.15) is 0 Å². The van der Waals surface area contributed by atoms with E-state index in [0.29, 0.717) is 0 Å². The van der Waals surface area contributed by atoms with E-state index < -0.39 is 0 Å². The Bertz CT molecular complexity index is 160. The highest BCUT2D eigenvalue weighted by molar-refractivity contribution is 7.97. The minimum absolute atomic E-state index is 0.797. The first-order valence-electron chi connectivity index (χ1n) is 3.78. The monoisotopic (exact) mass is 172 g/mol. The van der Waals surface area contributed by atoms with Crippen molar-refractivity contribution in [2.45, 2.75) is 27.7 Å². The summed E-state index contributed by atoms with van der Waals surface area (Å²) in [7, 11) is 3.10. The van der Waals surface area contributed by atoms with Crippen molar-refractivity contribution >= 4 is 26.5 Å². The summed E-state index contributed by atoms with van der Waals surface area (Å²) in [5.74, 6) is 1.59. The van der Waals surface area contributed by atoms with Crippen molar-refractivity contribution in [2.24, 2.45) is 11.8 Å². The lowest BCUT2D eigenvalue weighted by molar-refractivity contribution is 0.906. The summed E-state index contributed by atoms with van der Waals surface area (Å²) in [6.45, 7) is 9.14. The fourth-order valence-electron chi connectivity index (χ4n) is 0.756. The van der Waals surface area contributed by atoms with Crippen molar-refractivity contribution in [1.82, 2.24) is 0 Å². The van der Waals surface area contributed by atoms with Crippen molar-refractivity contribution in [2.75, 3.05) is 0 Å². The maximum absolute atomic E-state index is 2.28. The molecule has 0 nitrogen and oxygen atoms in total. The maximum atomic E-state index is 2.28. The van der Waals surface area contributed by atoms with Crippen molar-refractivity contribution in [1.29, 1.82) is 0 Å². The SMILES string of the molecule is CC(C)C1=PC(C(C)C)=P1. The zero-order chi connectivity index (χ0) is 7.72. The molecular formula is C8H14P2. The second kappa shape index (κ2) is 3.16. The first-order chi connectivity index (χ1) is 4.61. The van der Waals surface area contributed by atoms with Gasteiger partial charge in [0.2, 0.25) is 0 Å². The van der Waals surface area contributed by atoms with E-state index in [0.717, 1.165) is 11.8 Å². The third-order valence-electron chi connectivity index (χ3n) is 1.49. The van der Waals surface area contributed by atoms with Gasteiger partial charge in [-0.3, -0.25) is 0 Å². The minimum Gasteiger partial charge on any atom is -0.0588 e. The van der Waals surface area contributed by atoms with Gasteiger partial charge in [0.05, 0.1) is 0 Å². The molecule has 1 rings (SSSR count). The Kier molecular flexibility index (Phi) is 2.67. The highest BCUT2D eigenvalue weighted by Gasteiger charge is 2.15. The van der Waals surface area contributed by atoms with Crippen LogP contribution in [-0.2, 0) is 0 Å². The van der Waals surface area contributed by atoms with Crippen molar-refractivity contribution in [3.63, 3.8) is 0 Å². The second-order valence-electron chi connectivity index (χ2n) is 3.25. The second-order valence-corrected chi connectivity index (χ2v) is 6.33. The molecule has 2 heteroatoms. The first kappa shape index (κ1) is 8.44. The van der Waals surface area contributed by atoms with Crippen LogP contribution in [0.4, 0.5) is 0 Å². The van der Waals surface area contributed by atoms with Crippen LogP contribution in [0.2, 0.25) is 0 Å². The lowest BCUT2D eigenvalue weighted by atomic mass is 10.3. The molecule has 0 amide bonds. The van der Waals surface area contributed by atoms with Gasteiger partial charge < -0.3 is 0 Å². The summed E-state index contributed by atoms with van der Waals surface area (Å²) in [5, 5.41) is 3.40. The molecule has 0 saturated heterocycles. The summed E-state index contributed by atoms with van der Waals surface area (Å²) >= 11 is 0. The minimum atomic E-state index is 0.797. The Hall–Kier alpha value is 0.340. The molecule has 0 aromatic heterocycles. The molecule has 0 spiro atoms. The van der Waals surface area contributed by atoms with E-state index in [1.165, 1.54) is 0 Å². The van der Waals surface area contributed by atoms with Crippen LogP contribution in [0.25, 0.3) is 0 Å². The summed E-state index contributed by atoms with van der Waals surface area (Å²) < 4.78 is 0.